The molecule has 0 fully saturated rings. The van der Waals surface area contributed by atoms with Gasteiger partial charge in [-0.05, 0) is 53.9 Å². The molecule has 1 atom stereocenters. The quantitative estimate of drug-likeness (QED) is 0.438. The van der Waals surface area contributed by atoms with Crippen molar-refractivity contribution in [3.05, 3.63) is 15.0 Å². The van der Waals surface area contributed by atoms with Gasteiger partial charge in [-0.1, -0.05) is 0 Å². The van der Waals surface area contributed by atoms with Crippen molar-refractivity contribution in [1.29, 1.82) is 0 Å². The van der Waals surface area contributed by atoms with E-state index >= 15 is 0 Å². The summed E-state index contributed by atoms with van der Waals surface area (Å²) in [5.41, 5.74) is 2.43. The fraction of sp³-hybridized carbons (Fsp3) is 0.692. The third-order valence-corrected chi connectivity index (χ3v) is 5.41. The van der Waals surface area contributed by atoms with Crippen LogP contribution >= 0.6 is 34.4 Å². The van der Waals surface area contributed by atoms with E-state index in [9.17, 15) is 4.79 Å². The molecule has 0 radical (unpaired) electrons. The lowest BCUT2D eigenvalue weighted by Gasteiger charge is -2.18. The summed E-state index contributed by atoms with van der Waals surface area (Å²) in [7, 11) is 1.46. The lowest BCUT2D eigenvalue weighted by atomic mass is 9.88. The summed E-state index contributed by atoms with van der Waals surface area (Å²) >= 11 is 4.25. The van der Waals surface area contributed by atoms with E-state index in [0.29, 0.717) is 0 Å². The number of esters is 1. The minimum absolute atomic E-state index is 0.0113. The van der Waals surface area contributed by atoms with Crippen molar-refractivity contribution >= 4 is 40.3 Å². The minimum atomic E-state index is -0.0995. The van der Waals surface area contributed by atoms with E-state index in [1.807, 2.05) is 11.8 Å². The number of fused-ring (bicyclic) bond motifs is 1. The van der Waals surface area contributed by atoms with Crippen molar-refractivity contribution in [1.82, 2.24) is 9.78 Å². The van der Waals surface area contributed by atoms with Crippen LogP contribution in [0.1, 0.15) is 24.1 Å². The molecule has 106 valence electrons. The number of nitrogens with zero attached hydrogens (tertiary/aromatic N) is 2. The monoisotopic (exact) mass is 394 g/mol. The van der Waals surface area contributed by atoms with Crippen LogP contribution in [0.5, 0.6) is 0 Å². The minimum Gasteiger partial charge on any atom is -0.469 e. The summed E-state index contributed by atoms with van der Waals surface area (Å²) in [4.78, 5) is 11.6. The lowest BCUT2D eigenvalue weighted by Crippen LogP contribution is -2.23. The molecule has 2 rings (SSSR count). The second-order valence-corrected chi connectivity index (χ2v) is 6.76. The summed E-state index contributed by atoms with van der Waals surface area (Å²) in [6.07, 6.45) is 5.81. The molecule has 0 aromatic carbocycles. The number of carbonyl (C=O) groups is 1. The van der Waals surface area contributed by atoms with Crippen molar-refractivity contribution in [3.8, 4) is 0 Å². The molecule has 0 N–H and O–H groups in total. The van der Waals surface area contributed by atoms with Crippen LogP contribution in [0.4, 0.5) is 0 Å². The van der Waals surface area contributed by atoms with Crippen LogP contribution in [0, 0.1) is 9.62 Å². The number of methoxy groups -OCH3 is 1. The molecule has 0 amide bonds. The van der Waals surface area contributed by atoms with Gasteiger partial charge >= 0.3 is 5.97 Å². The molecule has 0 aliphatic heterocycles. The first-order valence-electron chi connectivity index (χ1n) is 6.48. The molecule has 1 aromatic rings. The van der Waals surface area contributed by atoms with Gasteiger partial charge in [0.2, 0.25) is 0 Å². The van der Waals surface area contributed by atoms with Crippen LogP contribution in [0.15, 0.2) is 0 Å². The van der Waals surface area contributed by atoms with Gasteiger partial charge in [0.25, 0.3) is 0 Å². The van der Waals surface area contributed by atoms with Gasteiger partial charge in [-0.15, -0.1) is 0 Å². The van der Waals surface area contributed by atoms with Gasteiger partial charge in [-0.2, -0.15) is 16.9 Å². The first kappa shape index (κ1) is 15.2. The van der Waals surface area contributed by atoms with Crippen molar-refractivity contribution in [2.45, 2.75) is 32.2 Å². The van der Waals surface area contributed by atoms with Crippen LogP contribution in [-0.4, -0.2) is 34.9 Å². The van der Waals surface area contributed by atoms with E-state index in [1.165, 1.54) is 16.4 Å². The van der Waals surface area contributed by atoms with Crippen molar-refractivity contribution in [2.24, 2.45) is 5.92 Å². The van der Waals surface area contributed by atoms with Crippen molar-refractivity contribution < 1.29 is 9.53 Å². The lowest BCUT2D eigenvalue weighted by molar-refractivity contribution is -0.145. The number of carbonyl (C=O) groups excluding carboxylic acids is 1. The van der Waals surface area contributed by atoms with Crippen LogP contribution < -0.4 is 0 Å². The van der Waals surface area contributed by atoms with Crippen molar-refractivity contribution in [2.75, 3.05) is 19.1 Å². The van der Waals surface area contributed by atoms with Gasteiger partial charge in [0.15, 0.2) is 0 Å². The Kier molecular flexibility index (Phi) is 5.56. The number of rotatable bonds is 5. The second-order valence-electron chi connectivity index (χ2n) is 4.75. The van der Waals surface area contributed by atoms with E-state index in [2.05, 4.69) is 38.6 Å². The molecule has 1 aliphatic rings. The smallest absolute Gasteiger partial charge is 0.309 e. The highest BCUT2D eigenvalue weighted by molar-refractivity contribution is 14.1. The van der Waals surface area contributed by atoms with E-state index in [4.69, 9.17) is 4.74 Å². The Morgan fingerprint density at radius 3 is 3.11 bits per heavy atom. The van der Waals surface area contributed by atoms with Crippen LogP contribution in [0.3, 0.4) is 0 Å². The molecule has 0 unspecified atom stereocenters. The van der Waals surface area contributed by atoms with Crippen LogP contribution in [-0.2, 0) is 28.9 Å². The van der Waals surface area contributed by atoms with Crippen LogP contribution in [0.2, 0.25) is 0 Å². The summed E-state index contributed by atoms with van der Waals surface area (Å²) in [6.45, 7) is 0.967. The number of hydrogen-bond acceptors (Lipinski definition) is 4. The molecule has 1 aromatic heterocycles. The first-order chi connectivity index (χ1) is 9.17. The molecule has 19 heavy (non-hydrogen) atoms. The summed E-state index contributed by atoms with van der Waals surface area (Å²) < 4.78 is 8.19. The second kappa shape index (κ2) is 6.97. The molecule has 0 spiro atoms. The van der Waals surface area contributed by atoms with E-state index < -0.39 is 0 Å². The normalized spacial score (nSPS) is 18.2. The number of aryl methyl sites for hydroxylation is 1. The Labute approximate surface area is 131 Å². The number of thioether (sulfide) groups is 1. The number of halogens is 1. The Balaban J connectivity index is 2.08. The molecular weight excluding hydrogens is 375 g/mol. The number of hydrogen-bond donors (Lipinski definition) is 0. The summed E-state index contributed by atoms with van der Waals surface area (Å²) in [6, 6.07) is 0. The predicted octanol–water partition coefficient (Wildman–Crippen LogP) is 2.52. The topological polar surface area (TPSA) is 44.1 Å². The molecule has 0 bridgehead atoms. The molecule has 1 heterocycles. The zero-order valence-electron chi connectivity index (χ0n) is 11.3. The van der Waals surface area contributed by atoms with Gasteiger partial charge in [0, 0.05) is 18.5 Å². The van der Waals surface area contributed by atoms with Gasteiger partial charge in [0.05, 0.1) is 18.7 Å². The third-order valence-electron chi connectivity index (χ3n) is 3.50. The van der Waals surface area contributed by atoms with E-state index in [0.717, 1.165) is 43.7 Å². The zero-order chi connectivity index (χ0) is 13.8. The maximum atomic E-state index is 11.6. The number of aromatic nitrogens is 2. The number of ether oxygens (including phenoxy) is 1. The Morgan fingerprint density at radius 1 is 1.63 bits per heavy atom. The molecule has 4 nitrogen and oxygen atoms in total. The largest absolute Gasteiger partial charge is 0.469 e. The summed E-state index contributed by atoms with van der Waals surface area (Å²) in [5.74, 6) is 1.05. The third kappa shape index (κ3) is 3.45. The molecule has 0 saturated heterocycles. The molecule has 1 aliphatic carbocycles. The maximum absolute atomic E-state index is 11.6. The maximum Gasteiger partial charge on any atom is 0.309 e. The Hall–Kier alpha value is -0.240. The standard InChI is InChI=1S/C13H19IN2O2S/c1-18-13(17)9-4-5-10-11(8-9)15-16(12(10)14)6-3-7-19-2/h9H,3-8H2,1-2H3/t9-/m0/s1. The fourth-order valence-corrected chi connectivity index (χ4v) is 3.81. The molecule has 6 heteroatoms. The van der Waals surface area contributed by atoms with E-state index in [-0.39, 0.29) is 11.9 Å². The fourth-order valence-electron chi connectivity index (χ4n) is 2.46. The van der Waals surface area contributed by atoms with Gasteiger partial charge in [-0.25, -0.2) is 0 Å². The average molecular weight is 394 g/mol. The van der Waals surface area contributed by atoms with E-state index in [1.54, 1.807) is 0 Å². The highest BCUT2D eigenvalue weighted by Gasteiger charge is 2.29. The summed E-state index contributed by atoms with van der Waals surface area (Å²) in [5, 5.41) is 4.68. The predicted molar refractivity (Wildman–Crippen MR) is 85.5 cm³/mol. The van der Waals surface area contributed by atoms with Gasteiger partial charge < -0.3 is 4.74 Å². The van der Waals surface area contributed by atoms with Crippen LogP contribution in [0.25, 0.3) is 0 Å². The molecular formula is C13H19IN2O2S. The SMILES string of the molecule is COC(=O)[C@H]1CCc2c(nn(CCCSC)c2I)C1. The Morgan fingerprint density at radius 2 is 2.42 bits per heavy atom. The van der Waals surface area contributed by atoms with Gasteiger partial charge in [-0.3, -0.25) is 9.48 Å². The zero-order valence-corrected chi connectivity index (χ0v) is 14.3. The van der Waals surface area contributed by atoms with Crippen molar-refractivity contribution in [3.63, 3.8) is 0 Å². The first-order valence-corrected chi connectivity index (χ1v) is 8.95. The molecule has 0 saturated carbocycles. The average Bonchev–Trinajstić information content (AvgIpc) is 2.74. The van der Waals surface area contributed by atoms with Gasteiger partial charge in [0.1, 0.15) is 3.70 Å². The highest BCUT2D eigenvalue weighted by atomic mass is 127. The highest BCUT2D eigenvalue weighted by Crippen LogP contribution is 2.29. The Bertz CT molecular complexity index is 462.